The van der Waals surface area contributed by atoms with E-state index in [9.17, 15) is 13.0 Å². The van der Waals surface area contributed by atoms with Crippen molar-refractivity contribution >= 4 is 28.0 Å². The van der Waals surface area contributed by atoms with Crippen molar-refractivity contribution in [2.24, 2.45) is 0 Å². The summed E-state index contributed by atoms with van der Waals surface area (Å²) >= 11 is 0. The SMILES string of the molecule is Nc1cccc(C=Cc2ccccc2)c1S(=O)(=O)O. The molecule has 19 heavy (non-hydrogen) atoms. The Bertz CT molecular complexity index is 707. The van der Waals surface area contributed by atoms with Gasteiger partial charge in [0.1, 0.15) is 4.90 Å². The highest BCUT2D eigenvalue weighted by Gasteiger charge is 2.17. The molecule has 0 aromatic heterocycles. The number of nitrogens with two attached hydrogens (primary N) is 1. The predicted octanol–water partition coefficient (Wildman–Crippen LogP) is 2.69. The molecule has 5 heteroatoms. The molecule has 0 aliphatic heterocycles. The van der Waals surface area contributed by atoms with Crippen LogP contribution in [0.2, 0.25) is 0 Å². The van der Waals surface area contributed by atoms with Crippen LogP contribution in [0.5, 0.6) is 0 Å². The van der Waals surface area contributed by atoms with E-state index in [0.717, 1.165) is 5.56 Å². The lowest BCUT2D eigenvalue weighted by Crippen LogP contribution is -2.05. The third-order valence-electron chi connectivity index (χ3n) is 2.59. The number of hydrogen-bond donors (Lipinski definition) is 2. The molecule has 0 heterocycles. The van der Waals surface area contributed by atoms with Gasteiger partial charge in [-0.25, -0.2) is 0 Å². The number of benzene rings is 2. The van der Waals surface area contributed by atoms with Crippen LogP contribution in [-0.4, -0.2) is 13.0 Å². The molecule has 0 atom stereocenters. The van der Waals surface area contributed by atoms with Crippen molar-refractivity contribution in [2.75, 3.05) is 5.73 Å². The summed E-state index contributed by atoms with van der Waals surface area (Å²) < 4.78 is 31.9. The Morgan fingerprint density at radius 2 is 1.63 bits per heavy atom. The molecule has 0 radical (unpaired) electrons. The Labute approximate surface area is 111 Å². The van der Waals surface area contributed by atoms with Crippen LogP contribution < -0.4 is 5.73 Å². The van der Waals surface area contributed by atoms with Gasteiger partial charge in [-0.2, -0.15) is 8.42 Å². The first-order valence-electron chi connectivity index (χ1n) is 5.57. The van der Waals surface area contributed by atoms with Gasteiger partial charge in [0.2, 0.25) is 0 Å². The summed E-state index contributed by atoms with van der Waals surface area (Å²) in [5.74, 6) is 0. The van der Waals surface area contributed by atoms with Gasteiger partial charge in [-0.05, 0) is 17.2 Å². The molecule has 3 N–H and O–H groups in total. The normalized spacial score (nSPS) is 11.8. The first kappa shape index (κ1) is 13.3. The van der Waals surface area contributed by atoms with E-state index in [1.54, 1.807) is 24.3 Å². The zero-order valence-electron chi connectivity index (χ0n) is 10.0. The Morgan fingerprint density at radius 1 is 0.947 bits per heavy atom. The van der Waals surface area contributed by atoms with E-state index < -0.39 is 10.1 Å². The monoisotopic (exact) mass is 275 g/mol. The molecular weight excluding hydrogens is 262 g/mol. The Kier molecular flexibility index (Phi) is 3.69. The number of rotatable bonds is 3. The molecule has 2 rings (SSSR count). The zero-order chi connectivity index (χ0) is 13.9. The summed E-state index contributed by atoms with van der Waals surface area (Å²) in [5.41, 5.74) is 6.90. The van der Waals surface area contributed by atoms with Crippen LogP contribution in [-0.2, 0) is 10.1 Å². The van der Waals surface area contributed by atoms with Crippen LogP contribution in [0.1, 0.15) is 11.1 Å². The summed E-state index contributed by atoms with van der Waals surface area (Å²) in [6.45, 7) is 0. The molecule has 0 fully saturated rings. The van der Waals surface area contributed by atoms with Crippen LogP contribution >= 0.6 is 0 Å². The minimum Gasteiger partial charge on any atom is -0.398 e. The van der Waals surface area contributed by atoms with Crippen molar-refractivity contribution < 1.29 is 13.0 Å². The van der Waals surface area contributed by atoms with Gasteiger partial charge < -0.3 is 5.73 Å². The quantitative estimate of drug-likeness (QED) is 0.512. The van der Waals surface area contributed by atoms with Gasteiger partial charge in [-0.15, -0.1) is 0 Å². The van der Waals surface area contributed by atoms with Crippen molar-refractivity contribution in [3.8, 4) is 0 Å². The molecule has 4 nitrogen and oxygen atoms in total. The minimum absolute atomic E-state index is 0.0257. The zero-order valence-corrected chi connectivity index (χ0v) is 10.8. The van der Waals surface area contributed by atoms with Gasteiger partial charge in [0, 0.05) is 0 Å². The van der Waals surface area contributed by atoms with E-state index in [2.05, 4.69) is 0 Å². The van der Waals surface area contributed by atoms with Crippen molar-refractivity contribution in [1.29, 1.82) is 0 Å². The summed E-state index contributed by atoms with van der Waals surface area (Å²) in [6, 6.07) is 14.1. The van der Waals surface area contributed by atoms with Crippen LogP contribution in [0.25, 0.3) is 12.2 Å². The fourth-order valence-corrected chi connectivity index (χ4v) is 2.55. The average Bonchev–Trinajstić information content (AvgIpc) is 2.36. The Balaban J connectivity index is 2.47. The molecule has 0 saturated heterocycles. The topological polar surface area (TPSA) is 80.4 Å². The van der Waals surface area contributed by atoms with Crippen LogP contribution in [0.15, 0.2) is 53.4 Å². The molecule has 2 aromatic carbocycles. The molecule has 98 valence electrons. The van der Waals surface area contributed by atoms with E-state index in [-0.39, 0.29) is 10.6 Å². The number of hydrogen-bond acceptors (Lipinski definition) is 3. The summed E-state index contributed by atoms with van der Waals surface area (Å²) in [5, 5.41) is 0. The van der Waals surface area contributed by atoms with Gasteiger partial charge in [0.15, 0.2) is 0 Å². The second-order valence-corrected chi connectivity index (χ2v) is 5.34. The molecule has 0 bridgehead atoms. The average molecular weight is 275 g/mol. The van der Waals surface area contributed by atoms with Crippen molar-refractivity contribution in [3.63, 3.8) is 0 Å². The fraction of sp³-hybridized carbons (Fsp3) is 0. The van der Waals surface area contributed by atoms with E-state index in [1.807, 2.05) is 30.3 Å². The Morgan fingerprint density at radius 3 is 2.26 bits per heavy atom. The lowest BCUT2D eigenvalue weighted by Gasteiger charge is -2.06. The third kappa shape index (κ3) is 3.21. The molecule has 0 saturated carbocycles. The lowest BCUT2D eigenvalue weighted by atomic mass is 10.1. The van der Waals surface area contributed by atoms with Gasteiger partial charge in [0.05, 0.1) is 5.69 Å². The summed E-state index contributed by atoms with van der Waals surface area (Å²) in [6.07, 6.45) is 3.36. The molecule has 0 aliphatic rings. The maximum Gasteiger partial charge on any atom is 0.297 e. The first-order chi connectivity index (χ1) is 8.98. The molecule has 0 aliphatic carbocycles. The van der Waals surface area contributed by atoms with Gasteiger partial charge in [-0.3, -0.25) is 4.55 Å². The standard InChI is InChI=1S/C14H13NO3S/c15-13-8-4-7-12(14(13)19(16,17)18)10-9-11-5-2-1-3-6-11/h1-10H,15H2,(H,16,17,18). The molecular formula is C14H13NO3S. The van der Waals surface area contributed by atoms with E-state index in [1.165, 1.54) is 6.07 Å². The second-order valence-electron chi connectivity index (χ2n) is 3.98. The molecule has 0 spiro atoms. The van der Waals surface area contributed by atoms with Crippen molar-refractivity contribution in [3.05, 3.63) is 59.7 Å². The largest absolute Gasteiger partial charge is 0.398 e. The number of nitrogen functional groups attached to an aromatic ring is 1. The van der Waals surface area contributed by atoms with Crippen LogP contribution in [0, 0.1) is 0 Å². The van der Waals surface area contributed by atoms with Crippen LogP contribution in [0.4, 0.5) is 5.69 Å². The van der Waals surface area contributed by atoms with Crippen molar-refractivity contribution in [1.82, 2.24) is 0 Å². The van der Waals surface area contributed by atoms with Crippen LogP contribution in [0.3, 0.4) is 0 Å². The van der Waals surface area contributed by atoms with E-state index in [0.29, 0.717) is 5.56 Å². The van der Waals surface area contributed by atoms with Gasteiger partial charge in [-0.1, -0.05) is 54.6 Å². The highest BCUT2D eigenvalue weighted by Crippen LogP contribution is 2.24. The minimum atomic E-state index is -4.34. The van der Waals surface area contributed by atoms with Gasteiger partial charge >= 0.3 is 0 Å². The van der Waals surface area contributed by atoms with Gasteiger partial charge in [0.25, 0.3) is 10.1 Å². The van der Waals surface area contributed by atoms with E-state index in [4.69, 9.17) is 5.73 Å². The number of anilines is 1. The van der Waals surface area contributed by atoms with E-state index >= 15 is 0 Å². The summed E-state index contributed by atoms with van der Waals surface area (Å²) in [4.78, 5) is -0.262. The maximum atomic E-state index is 11.3. The third-order valence-corrected chi connectivity index (χ3v) is 3.58. The predicted molar refractivity (Wildman–Crippen MR) is 76.0 cm³/mol. The lowest BCUT2D eigenvalue weighted by molar-refractivity contribution is 0.483. The molecule has 2 aromatic rings. The van der Waals surface area contributed by atoms with Crippen molar-refractivity contribution in [2.45, 2.75) is 4.90 Å². The molecule has 0 amide bonds. The molecule has 0 unspecified atom stereocenters. The highest BCUT2D eigenvalue weighted by atomic mass is 32.2. The Hall–Kier alpha value is -2.11. The second kappa shape index (κ2) is 5.26. The smallest absolute Gasteiger partial charge is 0.297 e. The first-order valence-corrected chi connectivity index (χ1v) is 7.01. The highest BCUT2D eigenvalue weighted by molar-refractivity contribution is 7.86. The summed E-state index contributed by atoms with van der Waals surface area (Å²) in [7, 11) is -4.34. The fourth-order valence-electron chi connectivity index (χ4n) is 1.75. The maximum absolute atomic E-state index is 11.3.